The van der Waals surface area contributed by atoms with Gasteiger partial charge in [-0.3, -0.25) is 0 Å². The van der Waals surface area contributed by atoms with Gasteiger partial charge in [0.1, 0.15) is 22.7 Å². The highest BCUT2D eigenvalue weighted by atomic mass is 35.5. The summed E-state index contributed by atoms with van der Waals surface area (Å²) in [6.07, 6.45) is 2.47. The molecule has 0 aliphatic rings. The summed E-state index contributed by atoms with van der Waals surface area (Å²) < 4.78 is 44.3. The van der Waals surface area contributed by atoms with Crippen molar-refractivity contribution < 1.29 is 27.8 Å². The zero-order valence-corrected chi connectivity index (χ0v) is 19.7. The molecule has 0 saturated carbocycles. The van der Waals surface area contributed by atoms with Gasteiger partial charge in [0.05, 0.1) is 26.0 Å². The largest absolute Gasteiger partial charge is 0.490 e. The van der Waals surface area contributed by atoms with Crippen molar-refractivity contribution in [3.05, 3.63) is 70.0 Å². The van der Waals surface area contributed by atoms with Crippen LogP contribution in [0.4, 0.5) is 14.5 Å². The van der Waals surface area contributed by atoms with Crippen LogP contribution in [0.15, 0.2) is 47.8 Å². The number of benzene rings is 2. The van der Waals surface area contributed by atoms with Crippen LogP contribution in [-0.2, 0) is 4.74 Å². The van der Waals surface area contributed by atoms with Gasteiger partial charge < -0.3 is 14.2 Å². The van der Waals surface area contributed by atoms with Gasteiger partial charge in [0.2, 0.25) is 5.28 Å². The maximum absolute atomic E-state index is 14.2. The van der Waals surface area contributed by atoms with Crippen LogP contribution < -0.4 is 9.47 Å². The molecule has 0 radical (unpaired) electrons. The molecule has 0 saturated heterocycles. The van der Waals surface area contributed by atoms with Crippen LogP contribution in [0.5, 0.6) is 11.5 Å². The lowest BCUT2D eigenvalue weighted by molar-refractivity contribution is 0.0593. The van der Waals surface area contributed by atoms with Crippen molar-refractivity contribution in [2.45, 2.75) is 32.3 Å². The highest BCUT2D eigenvalue weighted by Crippen LogP contribution is 2.29. The van der Waals surface area contributed by atoms with E-state index >= 15 is 0 Å². The van der Waals surface area contributed by atoms with E-state index in [4.69, 9.17) is 25.8 Å². The first-order valence-electron chi connectivity index (χ1n) is 10.7. The Bertz CT molecular complexity index is 1210. The van der Waals surface area contributed by atoms with E-state index < -0.39 is 17.6 Å². The number of hydrogen-bond donors (Lipinski definition) is 0. The maximum Gasteiger partial charge on any atom is 0.341 e. The van der Waals surface area contributed by atoms with Gasteiger partial charge in [-0.25, -0.2) is 23.5 Å². The lowest BCUT2D eigenvalue weighted by Gasteiger charge is -2.17. The molecule has 3 rings (SSSR count). The van der Waals surface area contributed by atoms with Gasteiger partial charge in [-0.2, -0.15) is 0 Å². The maximum atomic E-state index is 14.2. The number of nitroso groups, excluding NO2 is 1. The van der Waals surface area contributed by atoms with E-state index in [2.05, 4.69) is 15.1 Å². The first-order chi connectivity index (χ1) is 16.8. The molecule has 1 unspecified atom stereocenters. The molecule has 0 fully saturated rings. The molecular formula is C24H22ClF2N3O5. The number of hydrogen-bond acceptors (Lipinski definition) is 8. The Kier molecular flexibility index (Phi) is 9.02. The predicted molar refractivity (Wildman–Crippen MR) is 125 cm³/mol. The number of ether oxygens (including phenoxy) is 3. The SMILES string of the molecule is COC(=O)c1ccc(N=O)cc1OC(C)CCCCOc1cc(-c2nc(Cl)ncc2F)ccc1F. The van der Waals surface area contributed by atoms with Crippen molar-refractivity contribution in [1.29, 1.82) is 0 Å². The third kappa shape index (κ3) is 6.92. The van der Waals surface area contributed by atoms with Crippen molar-refractivity contribution in [2.24, 2.45) is 5.18 Å². The Balaban J connectivity index is 1.54. The molecule has 184 valence electrons. The van der Waals surface area contributed by atoms with Crippen LogP contribution in [0.25, 0.3) is 11.3 Å². The second kappa shape index (κ2) is 12.2. The van der Waals surface area contributed by atoms with Crippen LogP contribution >= 0.6 is 11.6 Å². The Morgan fingerprint density at radius 2 is 1.91 bits per heavy atom. The van der Waals surface area contributed by atoms with E-state index in [9.17, 15) is 18.5 Å². The molecule has 0 aliphatic heterocycles. The topological polar surface area (TPSA) is 100.0 Å². The molecule has 11 heteroatoms. The number of unbranched alkanes of at least 4 members (excludes halogenated alkanes) is 1. The molecule has 1 atom stereocenters. The first-order valence-corrected chi connectivity index (χ1v) is 11.0. The fraction of sp³-hybridized carbons (Fsp3) is 0.292. The summed E-state index contributed by atoms with van der Waals surface area (Å²) in [5.74, 6) is -1.71. The number of nitrogens with zero attached hydrogens (tertiary/aromatic N) is 3. The number of carbonyl (C=O) groups excluding carboxylic acids is 1. The average molecular weight is 506 g/mol. The van der Waals surface area contributed by atoms with E-state index in [1.807, 2.05) is 6.92 Å². The summed E-state index contributed by atoms with van der Waals surface area (Å²) >= 11 is 5.73. The van der Waals surface area contributed by atoms with Crippen molar-refractivity contribution in [2.75, 3.05) is 13.7 Å². The Morgan fingerprint density at radius 3 is 2.66 bits per heavy atom. The molecule has 0 amide bonds. The number of carbonyl (C=O) groups is 1. The van der Waals surface area contributed by atoms with Crippen molar-refractivity contribution in [1.82, 2.24) is 9.97 Å². The summed E-state index contributed by atoms with van der Waals surface area (Å²) in [5, 5.41) is 2.73. The number of halogens is 3. The summed E-state index contributed by atoms with van der Waals surface area (Å²) in [6, 6.07) is 8.09. The number of esters is 1. The summed E-state index contributed by atoms with van der Waals surface area (Å²) in [6.45, 7) is 2.02. The molecule has 3 aromatic rings. The lowest BCUT2D eigenvalue weighted by atomic mass is 10.1. The van der Waals surface area contributed by atoms with E-state index in [0.29, 0.717) is 24.8 Å². The molecule has 0 spiro atoms. The standard InChI is InChI=1S/C24H22ClF2N3O5/c1-14(35-20-12-16(30-32)7-8-17(20)23(31)33-2)5-3-4-10-34-21-11-15(6-9-18(21)26)22-19(27)13-28-24(25)29-22/h6-9,11-14H,3-5,10H2,1-2H3. The van der Waals surface area contributed by atoms with E-state index in [-0.39, 0.29) is 46.4 Å². The summed E-state index contributed by atoms with van der Waals surface area (Å²) in [5.41, 5.74) is 0.563. The van der Waals surface area contributed by atoms with Crippen LogP contribution in [0.1, 0.15) is 36.5 Å². The molecule has 8 nitrogen and oxygen atoms in total. The van der Waals surface area contributed by atoms with Crippen molar-refractivity contribution >= 4 is 23.3 Å². The molecule has 0 N–H and O–H groups in total. The van der Waals surface area contributed by atoms with Gasteiger partial charge in [0.15, 0.2) is 17.4 Å². The molecular weight excluding hydrogens is 484 g/mol. The number of aromatic nitrogens is 2. The van der Waals surface area contributed by atoms with Gasteiger partial charge in [-0.1, -0.05) is 0 Å². The Hall–Kier alpha value is -3.66. The molecule has 2 aromatic carbocycles. The third-order valence-electron chi connectivity index (χ3n) is 4.99. The minimum Gasteiger partial charge on any atom is -0.490 e. The quantitative estimate of drug-likeness (QED) is 0.131. The zero-order chi connectivity index (χ0) is 25.4. The minimum atomic E-state index is -0.689. The Morgan fingerprint density at radius 1 is 1.11 bits per heavy atom. The fourth-order valence-corrected chi connectivity index (χ4v) is 3.38. The number of rotatable bonds is 11. The second-order valence-electron chi connectivity index (χ2n) is 7.52. The number of methoxy groups -OCH3 is 1. The lowest BCUT2D eigenvalue weighted by Crippen LogP contribution is -2.15. The molecule has 1 aromatic heterocycles. The minimum absolute atomic E-state index is 0.0400. The van der Waals surface area contributed by atoms with Gasteiger partial charge in [0, 0.05) is 11.6 Å². The van der Waals surface area contributed by atoms with Crippen LogP contribution in [-0.4, -0.2) is 35.8 Å². The van der Waals surface area contributed by atoms with E-state index in [1.165, 1.54) is 37.4 Å². The monoisotopic (exact) mass is 505 g/mol. The van der Waals surface area contributed by atoms with Crippen LogP contribution in [0, 0.1) is 16.5 Å². The molecule has 0 aliphatic carbocycles. The highest BCUT2D eigenvalue weighted by molar-refractivity contribution is 6.28. The van der Waals surface area contributed by atoms with Crippen LogP contribution in [0.2, 0.25) is 5.28 Å². The van der Waals surface area contributed by atoms with Gasteiger partial charge in [0.25, 0.3) is 0 Å². The summed E-state index contributed by atoms with van der Waals surface area (Å²) in [4.78, 5) is 30.2. The van der Waals surface area contributed by atoms with E-state index in [1.54, 1.807) is 0 Å². The normalized spacial score (nSPS) is 11.6. The molecule has 35 heavy (non-hydrogen) atoms. The smallest absolute Gasteiger partial charge is 0.341 e. The fourth-order valence-electron chi connectivity index (χ4n) is 3.24. The summed E-state index contributed by atoms with van der Waals surface area (Å²) in [7, 11) is 1.25. The van der Waals surface area contributed by atoms with Crippen LogP contribution in [0.3, 0.4) is 0 Å². The zero-order valence-electron chi connectivity index (χ0n) is 19.0. The Labute approximate surface area is 205 Å². The third-order valence-corrected chi connectivity index (χ3v) is 5.17. The van der Waals surface area contributed by atoms with Crippen molar-refractivity contribution in [3.8, 4) is 22.8 Å². The highest BCUT2D eigenvalue weighted by Gasteiger charge is 2.17. The first kappa shape index (κ1) is 26.0. The van der Waals surface area contributed by atoms with Gasteiger partial charge in [-0.05, 0) is 73.3 Å². The van der Waals surface area contributed by atoms with Gasteiger partial charge in [-0.15, -0.1) is 4.91 Å². The van der Waals surface area contributed by atoms with Crippen molar-refractivity contribution in [3.63, 3.8) is 0 Å². The second-order valence-corrected chi connectivity index (χ2v) is 7.85. The molecule has 0 bridgehead atoms. The van der Waals surface area contributed by atoms with Gasteiger partial charge >= 0.3 is 5.97 Å². The van der Waals surface area contributed by atoms with E-state index in [0.717, 1.165) is 12.3 Å². The average Bonchev–Trinajstić information content (AvgIpc) is 2.85. The molecule has 1 heterocycles. The predicted octanol–water partition coefficient (Wildman–Crippen LogP) is 6.28.